The van der Waals surface area contributed by atoms with Crippen molar-refractivity contribution in [2.75, 3.05) is 51.3 Å². The van der Waals surface area contributed by atoms with Crippen molar-refractivity contribution in [3.8, 4) is 0 Å². The third kappa shape index (κ3) is 3.28. The molecule has 0 aliphatic carbocycles. The van der Waals surface area contributed by atoms with Crippen molar-refractivity contribution >= 4 is 15.8 Å². The number of nitrogens with zero attached hydrogens (tertiary/aromatic N) is 4. The molecule has 8 heteroatoms. The Morgan fingerprint density at radius 2 is 1.92 bits per heavy atom. The Hall–Kier alpha value is -1.22. The predicted molar refractivity (Wildman–Crippen MR) is 95.2 cm³/mol. The summed E-state index contributed by atoms with van der Waals surface area (Å²) < 4.78 is 32.9. The molecule has 138 valence electrons. The van der Waals surface area contributed by atoms with Crippen LogP contribution in [0, 0.1) is 0 Å². The van der Waals surface area contributed by atoms with Crippen molar-refractivity contribution in [3.05, 3.63) is 18.3 Å². The number of sulfonamides is 1. The molecule has 25 heavy (non-hydrogen) atoms. The first kappa shape index (κ1) is 17.2. The number of hydrogen-bond acceptors (Lipinski definition) is 6. The summed E-state index contributed by atoms with van der Waals surface area (Å²) in [5.41, 5.74) is 0. The van der Waals surface area contributed by atoms with Gasteiger partial charge in [-0.2, -0.15) is 4.31 Å². The molecule has 3 aliphatic rings. The zero-order valence-corrected chi connectivity index (χ0v) is 15.5. The topological polar surface area (TPSA) is 66.0 Å². The summed E-state index contributed by atoms with van der Waals surface area (Å²) in [6.07, 6.45) is 4.70. The molecule has 0 bridgehead atoms. The molecule has 2 unspecified atom stereocenters. The van der Waals surface area contributed by atoms with Crippen LogP contribution in [0.3, 0.4) is 0 Å². The summed E-state index contributed by atoms with van der Waals surface area (Å²) in [4.78, 5) is 9.27. The van der Waals surface area contributed by atoms with Gasteiger partial charge in [0.2, 0.25) is 10.0 Å². The van der Waals surface area contributed by atoms with Gasteiger partial charge in [-0.25, -0.2) is 13.4 Å². The van der Waals surface area contributed by atoms with E-state index < -0.39 is 10.0 Å². The number of aromatic nitrogens is 1. The van der Waals surface area contributed by atoms with Crippen molar-refractivity contribution in [1.82, 2.24) is 14.2 Å². The van der Waals surface area contributed by atoms with E-state index in [0.717, 1.165) is 51.3 Å². The monoisotopic (exact) mass is 366 g/mol. The van der Waals surface area contributed by atoms with E-state index in [0.29, 0.717) is 24.0 Å². The van der Waals surface area contributed by atoms with Gasteiger partial charge in [0.1, 0.15) is 10.7 Å². The molecule has 0 N–H and O–H groups in total. The number of rotatable bonds is 3. The highest BCUT2D eigenvalue weighted by Crippen LogP contribution is 2.27. The Balaban J connectivity index is 1.49. The van der Waals surface area contributed by atoms with Crippen LogP contribution in [0.1, 0.15) is 19.3 Å². The minimum absolute atomic E-state index is 0.206. The van der Waals surface area contributed by atoms with Crippen LogP contribution in [0.2, 0.25) is 0 Å². The second kappa shape index (κ2) is 6.83. The highest BCUT2D eigenvalue weighted by molar-refractivity contribution is 7.89. The number of fused-ring (bicyclic) bond motifs is 1. The van der Waals surface area contributed by atoms with E-state index in [1.165, 1.54) is 6.20 Å². The largest absolute Gasteiger partial charge is 0.373 e. The maximum Gasteiger partial charge on any atom is 0.244 e. The second-order valence-corrected chi connectivity index (χ2v) is 9.12. The van der Waals surface area contributed by atoms with Crippen molar-refractivity contribution in [2.45, 2.75) is 36.3 Å². The number of piperidine rings is 1. The van der Waals surface area contributed by atoms with Crippen molar-refractivity contribution < 1.29 is 13.2 Å². The molecule has 0 saturated carbocycles. The quantitative estimate of drug-likeness (QED) is 0.788. The van der Waals surface area contributed by atoms with E-state index in [4.69, 9.17) is 4.74 Å². The minimum atomic E-state index is -3.41. The van der Waals surface area contributed by atoms with Gasteiger partial charge < -0.3 is 9.64 Å². The fraction of sp³-hybridized carbons (Fsp3) is 0.706. The third-order valence-electron chi connectivity index (χ3n) is 5.58. The standard InChI is InChI=1S/C17H26N4O3S/c1-19-9-10-24-16-13-20(12-15(16)19)17-6-5-14(11-18-17)25(22,23)21-7-3-2-4-8-21/h5-6,11,15-16H,2-4,7-10,12-13H2,1H3. The first-order chi connectivity index (χ1) is 12.1. The molecule has 2 atom stereocenters. The molecule has 3 saturated heterocycles. The smallest absolute Gasteiger partial charge is 0.244 e. The lowest BCUT2D eigenvalue weighted by Gasteiger charge is -2.33. The van der Waals surface area contributed by atoms with E-state index in [1.807, 2.05) is 6.07 Å². The zero-order chi connectivity index (χ0) is 17.4. The van der Waals surface area contributed by atoms with E-state index in [2.05, 4.69) is 21.8 Å². The zero-order valence-electron chi connectivity index (χ0n) is 14.7. The molecule has 4 rings (SSSR count). The number of morpholine rings is 1. The lowest BCUT2D eigenvalue weighted by atomic mass is 10.1. The molecule has 1 aromatic heterocycles. The summed E-state index contributed by atoms with van der Waals surface area (Å²) in [6.45, 7) is 4.63. The lowest BCUT2D eigenvalue weighted by molar-refractivity contribution is -0.0362. The Morgan fingerprint density at radius 1 is 1.12 bits per heavy atom. The highest BCUT2D eigenvalue weighted by Gasteiger charge is 2.39. The molecule has 0 aromatic carbocycles. The third-order valence-corrected chi connectivity index (χ3v) is 7.46. The Bertz CT molecular complexity index is 703. The van der Waals surface area contributed by atoms with Crippen LogP contribution in [-0.2, 0) is 14.8 Å². The Morgan fingerprint density at radius 3 is 2.60 bits per heavy atom. The molecule has 4 heterocycles. The van der Waals surface area contributed by atoms with Crippen molar-refractivity contribution in [1.29, 1.82) is 0 Å². The van der Waals surface area contributed by atoms with Gasteiger partial charge in [-0.3, -0.25) is 4.90 Å². The molecular weight excluding hydrogens is 340 g/mol. The van der Waals surface area contributed by atoms with Gasteiger partial charge in [0, 0.05) is 38.9 Å². The first-order valence-corrected chi connectivity index (χ1v) is 10.5. The van der Waals surface area contributed by atoms with Crippen molar-refractivity contribution in [2.24, 2.45) is 0 Å². The van der Waals surface area contributed by atoms with Crippen molar-refractivity contribution in [3.63, 3.8) is 0 Å². The van der Waals surface area contributed by atoms with Crippen LogP contribution in [0.5, 0.6) is 0 Å². The minimum Gasteiger partial charge on any atom is -0.373 e. The van der Waals surface area contributed by atoms with Crippen LogP contribution in [-0.4, -0.2) is 81.1 Å². The highest BCUT2D eigenvalue weighted by atomic mass is 32.2. The lowest BCUT2D eigenvalue weighted by Crippen LogP contribution is -2.48. The molecule has 1 aromatic rings. The van der Waals surface area contributed by atoms with Gasteiger partial charge in [-0.1, -0.05) is 6.42 Å². The fourth-order valence-corrected chi connectivity index (χ4v) is 5.47. The van der Waals surface area contributed by atoms with E-state index in [1.54, 1.807) is 10.4 Å². The summed E-state index contributed by atoms with van der Waals surface area (Å²) in [7, 11) is -1.28. The van der Waals surface area contributed by atoms with Crippen LogP contribution in [0.4, 0.5) is 5.82 Å². The second-order valence-electron chi connectivity index (χ2n) is 7.18. The number of pyridine rings is 1. The molecular formula is C17H26N4O3S. The maximum absolute atomic E-state index is 12.7. The summed E-state index contributed by atoms with van der Waals surface area (Å²) in [5, 5.41) is 0. The van der Waals surface area contributed by atoms with Gasteiger partial charge in [0.15, 0.2) is 0 Å². The number of likely N-dealkylation sites (N-methyl/N-ethyl adjacent to an activating group) is 1. The van der Waals surface area contributed by atoms with E-state index in [9.17, 15) is 8.42 Å². The van der Waals surface area contributed by atoms with Crippen LogP contribution < -0.4 is 4.90 Å². The molecule has 0 radical (unpaired) electrons. The predicted octanol–water partition coefficient (Wildman–Crippen LogP) is 0.775. The van der Waals surface area contributed by atoms with Gasteiger partial charge in [0.25, 0.3) is 0 Å². The van der Waals surface area contributed by atoms with Gasteiger partial charge in [-0.05, 0) is 32.0 Å². The van der Waals surface area contributed by atoms with E-state index >= 15 is 0 Å². The van der Waals surface area contributed by atoms with Gasteiger partial charge >= 0.3 is 0 Å². The van der Waals surface area contributed by atoms with Crippen LogP contribution >= 0.6 is 0 Å². The first-order valence-electron chi connectivity index (χ1n) is 9.09. The molecule has 7 nitrogen and oxygen atoms in total. The Kier molecular flexibility index (Phi) is 4.70. The average molecular weight is 366 g/mol. The van der Waals surface area contributed by atoms with Crippen LogP contribution in [0.25, 0.3) is 0 Å². The van der Waals surface area contributed by atoms with Gasteiger partial charge in [-0.15, -0.1) is 0 Å². The summed E-state index contributed by atoms with van der Waals surface area (Å²) in [6, 6.07) is 3.90. The number of hydrogen-bond donors (Lipinski definition) is 0. The average Bonchev–Trinajstić information content (AvgIpc) is 3.08. The van der Waals surface area contributed by atoms with E-state index in [-0.39, 0.29) is 6.10 Å². The molecule has 3 fully saturated rings. The number of anilines is 1. The molecule has 0 spiro atoms. The molecule has 0 amide bonds. The summed E-state index contributed by atoms with van der Waals surface area (Å²) >= 11 is 0. The van der Waals surface area contributed by atoms with Gasteiger partial charge in [0.05, 0.1) is 18.8 Å². The maximum atomic E-state index is 12.7. The number of ether oxygens (including phenoxy) is 1. The fourth-order valence-electron chi connectivity index (χ4n) is 4.01. The summed E-state index contributed by atoms with van der Waals surface area (Å²) in [5.74, 6) is 0.823. The van der Waals surface area contributed by atoms with Crippen LogP contribution in [0.15, 0.2) is 23.2 Å². The SMILES string of the molecule is CN1CCOC2CN(c3ccc(S(=O)(=O)N4CCCCC4)cn3)CC21. The normalized spacial score (nSPS) is 28.9. The Labute approximate surface area is 149 Å². The molecule has 3 aliphatic heterocycles.